The number of hydrogen-bond acceptors (Lipinski definition) is 2. The zero-order valence-electron chi connectivity index (χ0n) is 7.26. The van der Waals surface area contributed by atoms with Gasteiger partial charge in [-0.1, -0.05) is 0 Å². The van der Waals surface area contributed by atoms with E-state index in [1.54, 1.807) is 14.0 Å². The van der Waals surface area contributed by atoms with Crippen LogP contribution in [0.3, 0.4) is 0 Å². The van der Waals surface area contributed by atoms with Gasteiger partial charge in [-0.15, -0.1) is 12.3 Å². The fraction of sp³-hybridized carbons (Fsp3) is 0.778. The summed E-state index contributed by atoms with van der Waals surface area (Å²) in [6.07, 6.45) is 7.34. The summed E-state index contributed by atoms with van der Waals surface area (Å²) in [5.41, 5.74) is -0.717. The van der Waals surface area contributed by atoms with E-state index >= 15 is 0 Å². The molecule has 0 aliphatic carbocycles. The minimum atomic E-state index is -0.717. The van der Waals surface area contributed by atoms with Gasteiger partial charge in [0.15, 0.2) is 0 Å². The van der Waals surface area contributed by atoms with Crippen molar-refractivity contribution in [1.29, 1.82) is 0 Å². The van der Waals surface area contributed by atoms with Crippen molar-refractivity contribution < 1.29 is 9.84 Å². The summed E-state index contributed by atoms with van der Waals surface area (Å²) in [6.45, 7) is 2.13. The lowest BCUT2D eigenvalue weighted by atomic mass is 10.0. The monoisotopic (exact) mass is 156 g/mol. The zero-order valence-corrected chi connectivity index (χ0v) is 7.26. The van der Waals surface area contributed by atoms with Gasteiger partial charge in [0.2, 0.25) is 0 Å². The number of ether oxygens (including phenoxy) is 1. The summed E-state index contributed by atoms with van der Waals surface area (Å²) in [5.74, 6) is 2.53. The molecule has 64 valence electrons. The Kier molecular flexibility index (Phi) is 4.93. The highest BCUT2D eigenvalue weighted by Gasteiger charge is 2.18. The lowest BCUT2D eigenvalue weighted by Gasteiger charge is -2.21. The van der Waals surface area contributed by atoms with Crippen molar-refractivity contribution in [2.45, 2.75) is 31.8 Å². The summed E-state index contributed by atoms with van der Waals surface area (Å²) in [4.78, 5) is 0. The number of aliphatic hydroxyl groups is 1. The first-order valence-electron chi connectivity index (χ1n) is 3.77. The fourth-order valence-electron chi connectivity index (χ4n) is 0.954. The Morgan fingerprint density at radius 1 is 1.64 bits per heavy atom. The second-order valence-corrected chi connectivity index (χ2v) is 2.99. The van der Waals surface area contributed by atoms with Gasteiger partial charge < -0.3 is 9.84 Å². The second kappa shape index (κ2) is 5.17. The third kappa shape index (κ3) is 5.90. The molecule has 1 atom stereocenters. The summed E-state index contributed by atoms with van der Waals surface area (Å²) in [7, 11) is 1.58. The molecule has 11 heavy (non-hydrogen) atoms. The van der Waals surface area contributed by atoms with E-state index < -0.39 is 5.60 Å². The van der Waals surface area contributed by atoms with E-state index in [1.807, 2.05) is 0 Å². The van der Waals surface area contributed by atoms with Crippen LogP contribution < -0.4 is 0 Å². The van der Waals surface area contributed by atoms with Crippen LogP contribution in [0.25, 0.3) is 0 Å². The Morgan fingerprint density at radius 3 is 2.73 bits per heavy atom. The average molecular weight is 156 g/mol. The van der Waals surface area contributed by atoms with Gasteiger partial charge in [0, 0.05) is 13.5 Å². The largest absolute Gasteiger partial charge is 0.388 e. The van der Waals surface area contributed by atoms with E-state index in [9.17, 15) is 5.11 Å². The maximum absolute atomic E-state index is 9.55. The first kappa shape index (κ1) is 10.5. The molecule has 0 rings (SSSR count). The molecule has 1 unspecified atom stereocenters. The van der Waals surface area contributed by atoms with Gasteiger partial charge in [0.1, 0.15) is 0 Å². The third-order valence-corrected chi connectivity index (χ3v) is 1.49. The molecule has 0 heterocycles. The maximum atomic E-state index is 9.55. The van der Waals surface area contributed by atoms with Gasteiger partial charge in [-0.3, -0.25) is 0 Å². The maximum Gasteiger partial charge on any atom is 0.0852 e. The van der Waals surface area contributed by atoms with E-state index in [0.29, 0.717) is 13.0 Å². The minimum Gasteiger partial charge on any atom is -0.388 e. The van der Waals surface area contributed by atoms with Crippen molar-refractivity contribution in [3.63, 3.8) is 0 Å². The van der Waals surface area contributed by atoms with Gasteiger partial charge in [-0.05, 0) is 19.8 Å². The average Bonchev–Trinajstić information content (AvgIpc) is 1.87. The SMILES string of the molecule is C#CCCCC(C)(O)COC. The molecule has 0 radical (unpaired) electrons. The molecular formula is C9H16O2. The van der Waals surface area contributed by atoms with Gasteiger partial charge >= 0.3 is 0 Å². The van der Waals surface area contributed by atoms with E-state index in [2.05, 4.69) is 5.92 Å². The minimum absolute atomic E-state index is 0.373. The van der Waals surface area contributed by atoms with Crippen molar-refractivity contribution in [3.8, 4) is 12.3 Å². The molecule has 0 amide bonds. The van der Waals surface area contributed by atoms with Crippen molar-refractivity contribution >= 4 is 0 Å². The van der Waals surface area contributed by atoms with Gasteiger partial charge in [0.25, 0.3) is 0 Å². The Bertz CT molecular complexity index is 133. The standard InChI is InChI=1S/C9H16O2/c1-4-5-6-7-9(2,10)8-11-3/h1,10H,5-8H2,2-3H3. The van der Waals surface area contributed by atoms with Crippen LogP contribution in [0.1, 0.15) is 26.2 Å². The first-order valence-corrected chi connectivity index (χ1v) is 3.77. The van der Waals surface area contributed by atoms with E-state index in [-0.39, 0.29) is 0 Å². The normalized spacial score (nSPS) is 15.5. The van der Waals surface area contributed by atoms with Crippen LogP contribution in [0, 0.1) is 12.3 Å². The highest BCUT2D eigenvalue weighted by molar-refractivity contribution is 4.84. The summed E-state index contributed by atoms with van der Waals surface area (Å²) < 4.78 is 4.84. The highest BCUT2D eigenvalue weighted by Crippen LogP contribution is 2.12. The van der Waals surface area contributed by atoms with Crippen LogP contribution in [0.15, 0.2) is 0 Å². The second-order valence-electron chi connectivity index (χ2n) is 2.99. The Hall–Kier alpha value is -0.520. The van der Waals surface area contributed by atoms with Gasteiger partial charge in [0.05, 0.1) is 12.2 Å². The van der Waals surface area contributed by atoms with E-state index in [1.165, 1.54) is 0 Å². The molecule has 0 aliphatic rings. The van der Waals surface area contributed by atoms with Gasteiger partial charge in [-0.25, -0.2) is 0 Å². The predicted molar refractivity (Wildman–Crippen MR) is 45.2 cm³/mol. The van der Waals surface area contributed by atoms with Crippen LogP contribution in [0.5, 0.6) is 0 Å². The molecule has 1 N–H and O–H groups in total. The molecular weight excluding hydrogens is 140 g/mol. The smallest absolute Gasteiger partial charge is 0.0852 e. The Labute approximate surface area is 68.6 Å². The van der Waals surface area contributed by atoms with E-state index in [4.69, 9.17) is 11.2 Å². The molecule has 0 fully saturated rings. The van der Waals surface area contributed by atoms with Crippen LogP contribution in [-0.4, -0.2) is 24.4 Å². The van der Waals surface area contributed by atoms with Crippen LogP contribution >= 0.6 is 0 Å². The van der Waals surface area contributed by atoms with Crippen molar-refractivity contribution in [1.82, 2.24) is 0 Å². The van der Waals surface area contributed by atoms with Crippen LogP contribution in [0.2, 0.25) is 0 Å². The van der Waals surface area contributed by atoms with Crippen LogP contribution in [0.4, 0.5) is 0 Å². The number of hydrogen-bond donors (Lipinski definition) is 1. The van der Waals surface area contributed by atoms with Crippen molar-refractivity contribution in [2.24, 2.45) is 0 Å². The Morgan fingerprint density at radius 2 is 2.27 bits per heavy atom. The third-order valence-electron chi connectivity index (χ3n) is 1.49. The fourth-order valence-corrected chi connectivity index (χ4v) is 0.954. The Balaban J connectivity index is 3.48. The molecule has 0 saturated carbocycles. The molecule has 2 heteroatoms. The van der Waals surface area contributed by atoms with Crippen molar-refractivity contribution in [2.75, 3.05) is 13.7 Å². The number of unbranched alkanes of at least 4 members (excludes halogenated alkanes) is 1. The summed E-state index contributed by atoms with van der Waals surface area (Å²) in [6, 6.07) is 0. The van der Waals surface area contributed by atoms with Crippen LogP contribution in [-0.2, 0) is 4.74 Å². The molecule has 0 saturated heterocycles. The summed E-state index contributed by atoms with van der Waals surface area (Å²) >= 11 is 0. The lowest BCUT2D eigenvalue weighted by molar-refractivity contribution is -0.0235. The molecule has 0 aromatic carbocycles. The van der Waals surface area contributed by atoms with E-state index in [0.717, 1.165) is 12.8 Å². The highest BCUT2D eigenvalue weighted by atomic mass is 16.5. The molecule has 0 aromatic rings. The quantitative estimate of drug-likeness (QED) is 0.478. The molecule has 0 spiro atoms. The molecule has 2 nitrogen and oxygen atoms in total. The number of rotatable bonds is 5. The molecule has 0 aromatic heterocycles. The number of terminal acetylenes is 1. The van der Waals surface area contributed by atoms with Crippen molar-refractivity contribution in [3.05, 3.63) is 0 Å². The predicted octanol–water partition coefficient (Wildman–Crippen LogP) is 1.19. The molecule has 0 aliphatic heterocycles. The molecule has 0 bridgehead atoms. The zero-order chi connectivity index (χ0) is 8.74. The topological polar surface area (TPSA) is 29.5 Å². The first-order chi connectivity index (χ1) is 5.12. The lowest BCUT2D eigenvalue weighted by Crippen LogP contribution is -2.29. The number of methoxy groups -OCH3 is 1. The van der Waals surface area contributed by atoms with Gasteiger partial charge in [-0.2, -0.15) is 0 Å². The summed E-state index contributed by atoms with van der Waals surface area (Å²) in [5, 5.41) is 9.55.